The van der Waals surface area contributed by atoms with Gasteiger partial charge in [0.2, 0.25) is 0 Å². The smallest absolute Gasteiger partial charge is 0.339 e. The van der Waals surface area contributed by atoms with E-state index in [0.717, 1.165) is 23.2 Å². The van der Waals surface area contributed by atoms with Gasteiger partial charge in [-0.15, -0.1) is 0 Å². The molecule has 0 unspecified atom stereocenters. The van der Waals surface area contributed by atoms with E-state index in [9.17, 15) is 9.59 Å². The van der Waals surface area contributed by atoms with Crippen LogP contribution in [0.3, 0.4) is 0 Å². The number of carbonyl (C=O) groups is 2. The molecule has 0 N–H and O–H groups in total. The van der Waals surface area contributed by atoms with Crippen LogP contribution >= 0.6 is 0 Å². The Balaban J connectivity index is 1.74. The van der Waals surface area contributed by atoms with Crippen LogP contribution in [0.5, 0.6) is 5.75 Å². The molecule has 0 radical (unpaired) electrons. The number of para-hydroxylation sites is 1. The highest BCUT2D eigenvalue weighted by Gasteiger charge is 2.34. The zero-order valence-electron chi connectivity index (χ0n) is 15.5. The number of aryl methyl sites for hydroxylation is 1. The van der Waals surface area contributed by atoms with Crippen molar-refractivity contribution >= 4 is 17.6 Å². The molecule has 136 valence electrons. The lowest BCUT2D eigenvalue weighted by atomic mass is 10.1. The van der Waals surface area contributed by atoms with Crippen molar-refractivity contribution in [3.8, 4) is 5.75 Å². The lowest BCUT2D eigenvalue weighted by molar-refractivity contribution is -0.126. The lowest BCUT2D eigenvalue weighted by Crippen LogP contribution is -2.43. The highest BCUT2D eigenvalue weighted by atomic mass is 16.5. The van der Waals surface area contributed by atoms with Crippen molar-refractivity contribution in [3.05, 3.63) is 59.2 Å². The third kappa shape index (κ3) is 3.29. The summed E-state index contributed by atoms with van der Waals surface area (Å²) in [6, 6.07) is 13.0. The van der Waals surface area contributed by atoms with Crippen molar-refractivity contribution in [3.63, 3.8) is 0 Å². The number of ether oxygens (including phenoxy) is 2. The monoisotopic (exact) mass is 353 g/mol. The summed E-state index contributed by atoms with van der Waals surface area (Å²) < 4.78 is 10.7. The number of hydrogen-bond donors (Lipinski definition) is 0. The minimum Gasteiger partial charge on any atom is -0.496 e. The molecule has 1 aliphatic rings. The van der Waals surface area contributed by atoms with Crippen LogP contribution in [0.1, 0.15) is 35.3 Å². The van der Waals surface area contributed by atoms with Crippen LogP contribution in [0.15, 0.2) is 42.5 Å². The maximum atomic E-state index is 12.9. The second-order valence-electron chi connectivity index (χ2n) is 6.62. The van der Waals surface area contributed by atoms with Gasteiger partial charge in [-0.3, -0.25) is 4.79 Å². The van der Waals surface area contributed by atoms with Crippen molar-refractivity contribution in [2.45, 2.75) is 39.3 Å². The summed E-state index contributed by atoms with van der Waals surface area (Å²) in [7, 11) is 1.55. The Morgan fingerprint density at radius 2 is 1.92 bits per heavy atom. The van der Waals surface area contributed by atoms with Gasteiger partial charge < -0.3 is 14.4 Å². The Kier molecular flexibility index (Phi) is 4.98. The molecule has 0 spiro atoms. The van der Waals surface area contributed by atoms with Gasteiger partial charge in [0.1, 0.15) is 5.75 Å². The molecule has 2 aromatic rings. The van der Waals surface area contributed by atoms with E-state index >= 15 is 0 Å². The third-order valence-electron chi connectivity index (χ3n) is 4.72. The van der Waals surface area contributed by atoms with Crippen LogP contribution in [-0.4, -0.2) is 31.1 Å². The number of rotatable bonds is 4. The maximum Gasteiger partial charge on any atom is 0.339 e. The Morgan fingerprint density at radius 1 is 1.19 bits per heavy atom. The zero-order chi connectivity index (χ0) is 18.8. The van der Waals surface area contributed by atoms with Crippen molar-refractivity contribution in [2.75, 3.05) is 12.0 Å². The molecule has 5 heteroatoms. The molecule has 0 aromatic heterocycles. The van der Waals surface area contributed by atoms with Gasteiger partial charge in [0.25, 0.3) is 5.91 Å². The highest BCUT2D eigenvalue weighted by Crippen LogP contribution is 2.32. The molecule has 2 aromatic carbocycles. The Bertz CT molecular complexity index is 846. The first-order chi connectivity index (χ1) is 12.4. The van der Waals surface area contributed by atoms with E-state index in [4.69, 9.17) is 9.47 Å². The van der Waals surface area contributed by atoms with Crippen LogP contribution < -0.4 is 9.64 Å². The fraction of sp³-hybridized carbons (Fsp3) is 0.333. The molecular formula is C21H23NO4. The molecule has 2 atom stereocenters. The Morgan fingerprint density at radius 3 is 2.65 bits per heavy atom. The van der Waals surface area contributed by atoms with Crippen LogP contribution in [0.4, 0.5) is 5.69 Å². The number of amides is 1. The number of hydrogen-bond acceptors (Lipinski definition) is 4. The van der Waals surface area contributed by atoms with E-state index in [2.05, 4.69) is 0 Å². The fourth-order valence-corrected chi connectivity index (χ4v) is 3.32. The van der Waals surface area contributed by atoms with E-state index in [0.29, 0.717) is 11.3 Å². The third-order valence-corrected chi connectivity index (χ3v) is 4.72. The summed E-state index contributed by atoms with van der Waals surface area (Å²) in [6.45, 7) is 5.50. The molecule has 26 heavy (non-hydrogen) atoms. The molecule has 1 aliphatic heterocycles. The van der Waals surface area contributed by atoms with E-state index in [1.807, 2.05) is 38.1 Å². The first kappa shape index (κ1) is 18.0. The quantitative estimate of drug-likeness (QED) is 0.789. The number of methoxy groups -OCH3 is 1. The van der Waals surface area contributed by atoms with Gasteiger partial charge in [-0.05, 0) is 56.5 Å². The molecule has 1 amide bonds. The second-order valence-corrected chi connectivity index (χ2v) is 6.62. The van der Waals surface area contributed by atoms with Crippen LogP contribution in [0.25, 0.3) is 0 Å². The Hall–Kier alpha value is -2.82. The van der Waals surface area contributed by atoms with Crippen LogP contribution in [0, 0.1) is 6.92 Å². The van der Waals surface area contributed by atoms with Crippen molar-refractivity contribution in [2.24, 2.45) is 0 Å². The summed E-state index contributed by atoms with van der Waals surface area (Å²) in [5, 5.41) is 0. The van der Waals surface area contributed by atoms with Gasteiger partial charge in [0, 0.05) is 11.7 Å². The van der Waals surface area contributed by atoms with E-state index in [-0.39, 0.29) is 11.9 Å². The molecule has 1 heterocycles. The van der Waals surface area contributed by atoms with E-state index in [1.165, 1.54) is 0 Å². The van der Waals surface area contributed by atoms with Crippen molar-refractivity contribution in [1.82, 2.24) is 0 Å². The van der Waals surface area contributed by atoms with Crippen molar-refractivity contribution in [1.29, 1.82) is 0 Å². The number of anilines is 1. The minimum atomic E-state index is -0.872. The van der Waals surface area contributed by atoms with E-state index < -0.39 is 12.1 Å². The van der Waals surface area contributed by atoms with Gasteiger partial charge in [-0.1, -0.05) is 24.3 Å². The minimum absolute atomic E-state index is 0.0421. The first-order valence-electron chi connectivity index (χ1n) is 8.69. The molecular weight excluding hydrogens is 330 g/mol. The normalized spacial score (nSPS) is 16.8. The van der Waals surface area contributed by atoms with Gasteiger partial charge >= 0.3 is 5.97 Å². The highest BCUT2D eigenvalue weighted by molar-refractivity contribution is 6.01. The molecule has 0 fully saturated rings. The second kappa shape index (κ2) is 7.20. The SMILES string of the molecule is COc1cc(C(=O)O[C@@H](C)C(=O)N2c3ccccc3C[C@H]2C)ccc1C. The number of benzene rings is 2. The van der Waals surface area contributed by atoms with Gasteiger partial charge in [-0.2, -0.15) is 0 Å². The summed E-state index contributed by atoms with van der Waals surface area (Å²) >= 11 is 0. The molecule has 0 saturated heterocycles. The molecule has 0 saturated carbocycles. The summed E-state index contributed by atoms with van der Waals surface area (Å²) in [6.07, 6.45) is -0.0685. The molecule has 5 nitrogen and oxygen atoms in total. The van der Waals surface area contributed by atoms with Crippen molar-refractivity contribution < 1.29 is 19.1 Å². The number of esters is 1. The standard InChI is InChI=1S/C21H23NO4/c1-13-9-10-17(12-19(13)25-4)21(24)26-15(3)20(23)22-14(2)11-16-7-5-6-8-18(16)22/h5-10,12,14-15H,11H2,1-4H3/t14-,15+/m1/s1. The predicted molar refractivity (Wildman–Crippen MR) is 99.7 cm³/mol. The molecule has 0 bridgehead atoms. The topological polar surface area (TPSA) is 55.8 Å². The maximum absolute atomic E-state index is 12.9. The number of fused-ring (bicyclic) bond motifs is 1. The van der Waals surface area contributed by atoms with Gasteiger partial charge in [0.05, 0.1) is 12.7 Å². The van der Waals surface area contributed by atoms with E-state index in [1.54, 1.807) is 37.1 Å². The Labute approximate surface area is 153 Å². The van der Waals surface area contributed by atoms with Crippen LogP contribution in [0.2, 0.25) is 0 Å². The predicted octanol–water partition coefficient (Wildman–Crippen LogP) is 3.53. The first-order valence-corrected chi connectivity index (χ1v) is 8.69. The zero-order valence-corrected chi connectivity index (χ0v) is 15.5. The average Bonchev–Trinajstić information content (AvgIpc) is 2.96. The average molecular weight is 353 g/mol. The number of carbonyl (C=O) groups excluding carboxylic acids is 2. The summed E-state index contributed by atoms with van der Waals surface area (Å²) in [5.41, 5.74) is 3.32. The van der Waals surface area contributed by atoms with Gasteiger partial charge in [-0.25, -0.2) is 4.79 Å². The summed E-state index contributed by atoms with van der Waals surface area (Å²) in [4.78, 5) is 27.0. The fourth-order valence-electron chi connectivity index (χ4n) is 3.32. The molecule has 0 aliphatic carbocycles. The largest absolute Gasteiger partial charge is 0.496 e. The number of nitrogens with zero attached hydrogens (tertiary/aromatic N) is 1. The lowest BCUT2D eigenvalue weighted by Gasteiger charge is -2.26. The van der Waals surface area contributed by atoms with Crippen LogP contribution in [-0.2, 0) is 16.0 Å². The summed E-state index contributed by atoms with van der Waals surface area (Å²) in [5.74, 6) is -0.139. The molecule has 3 rings (SSSR count). The van der Waals surface area contributed by atoms with Gasteiger partial charge in [0.15, 0.2) is 6.10 Å².